The summed E-state index contributed by atoms with van der Waals surface area (Å²) < 4.78 is 7.19. The summed E-state index contributed by atoms with van der Waals surface area (Å²) in [5.41, 5.74) is 2.11. The SMILES string of the molecule is COc1ccccc1-n1cnnc1S[C@H](C)C(=O)Nc1ccc(NC(C)=O)cc1. The maximum Gasteiger partial charge on any atom is 0.237 e. The van der Waals surface area contributed by atoms with Gasteiger partial charge in [-0.25, -0.2) is 0 Å². The van der Waals surface area contributed by atoms with Crippen molar-refractivity contribution in [3.05, 3.63) is 54.9 Å². The molecule has 2 aromatic carbocycles. The molecule has 3 rings (SSSR count). The van der Waals surface area contributed by atoms with Crippen LogP contribution in [-0.2, 0) is 9.59 Å². The number of carbonyl (C=O) groups excluding carboxylic acids is 2. The summed E-state index contributed by atoms with van der Waals surface area (Å²) >= 11 is 1.29. The Morgan fingerprint density at radius 1 is 1.07 bits per heavy atom. The van der Waals surface area contributed by atoms with Crippen LogP contribution in [0.5, 0.6) is 5.75 Å². The van der Waals surface area contributed by atoms with Crippen LogP contribution in [0.25, 0.3) is 5.69 Å². The summed E-state index contributed by atoms with van der Waals surface area (Å²) in [7, 11) is 1.60. The second kappa shape index (κ2) is 9.24. The minimum atomic E-state index is -0.414. The number of methoxy groups -OCH3 is 1. The summed E-state index contributed by atoms with van der Waals surface area (Å²) in [4.78, 5) is 23.7. The number of hydrogen-bond donors (Lipinski definition) is 2. The number of nitrogens with zero attached hydrogens (tertiary/aromatic N) is 3. The van der Waals surface area contributed by atoms with E-state index in [4.69, 9.17) is 4.74 Å². The Bertz CT molecular complexity index is 1000. The van der Waals surface area contributed by atoms with Gasteiger partial charge in [0.05, 0.1) is 18.0 Å². The minimum Gasteiger partial charge on any atom is -0.495 e. The number of thioether (sulfide) groups is 1. The molecule has 0 aliphatic rings. The molecule has 9 heteroatoms. The lowest BCUT2D eigenvalue weighted by Gasteiger charge is -2.14. The minimum absolute atomic E-state index is 0.147. The number of carbonyl (C=O) groups is 2. The molecule has 0 unspecified atom stereocenters. The molecule has 8 nitrogen and oxygen atoms in total. The zero-order chi connectivity index (χ0) is 20.8. The fourth-order valence-electron chi connectivity index (χ4n) is 2.59. The molecule has 0 radical (unpaired) electrons. The highest BCUT2D eigenvalue weighted by atomic mass is 32.2. The van der Waals surface area contributed by atoms with Crippen molar-refractivity contribution < 1.29 is 14.3 Å². The molecule has 29 heavy (non-hydrogen) atoms. The summed E-state index contributed by atoms with van der Waals surface area (Å²) in [6.07, 6.45) is 1.59. The molecular weight excluding hydrogens is 390 g/mol. The van der Waals surface area contributed by atoms with Crippen LogP contribution in [0.4, 0.5) is 11.4 Å². The zero-order valence-electron chi connectivity index (χ0n) is 16.2. The average molecular weight is 411 g/mol. The monoisotopic (exact) mass is 411 g/mol. The Hall–Kier alpha value is -3.33. The Balaban J connectivity index is 1.68. The second-order valence-corrected chi connectivity index (χ2v) is 7.47. The molecular formula is C20H21N5O3S. The van der Waals surface area contributed by atoms with Gasteiger partial charge in [0.25, 0.3) is 0 Å². The first-order valence-corrected chi connectivity index (χ1v) is 9.74. The average Bonchev–Trinajstić information content (AvgIpc) is 3.16. The number of hydrogen-bond acceptors (Lipinski definition) is 6. The number of amides is 2. The summed E-state index contributed by atoms with van der Waals surface area (Å²) in [6, 6.07) is 14.5. The molecule has 150 valence electrons. The maximum absolute atomic E-state index is 12.6. The van der Waals surface area contributed by atoms with Gasteiger partial charge in [0, 0.05) is 18.3 Å². The van der Waals surface area contributed by atoms with E-state index in [1.807, 2.05) is 24.3 Å². The molecule has 0 fully saturated rings. The lowest BCUT2D eigenvalue weighted by molar-refractivity contribution is -0.115. The maximum atomic E-state index is 12.6. The van der Waals surface area contributed by atoms with Crippen molar-refractivity contribution in [2.24, 2.45) is 0 Å². The lowest BCUT2D eigenvalue weighted by atomic mass is 10.2. The van der Waals surface area contributed by atoms with E-state index in [-0.39, 0.29) is 11.8 Å². The van der Waals surface area contributed by atoms with Crippen LogP contribution >= 0.6 is 11.8 Å². The standard InChI is InChI=1S/C20H21N5O3S/c1-13(19(27)23-16-10-8-15(9-11-16)22-14(2)26)29-20-24-21-12-25(20)17-6-4-5-7-18(17)28-3/h4-13H,1-3H3,(H,22,26)(H,23,27)/t13-/m1/s1. The molecule has 0 bridgehead atoms. The molecule has 2 amide bonds. The third kappa shape index (κ3) is 5.14. The van der Waals surface area contributed by atoms with Gasteiger partial charge in [-0.05, 0) is 43.3 Å². The Labute approximate surface area is 172 Å². The van der Waals surface area contributed by atoms with E-state index < -0.39 is 5.25 Å². The van der Waals surface area contributed by atoms with Crippen molar-refractivity contribution in [2.75, 3.05) is 17.7 Å². The predicted molar refractivity (Wildman–Crippen MR) is 113 cm³/mol. The number of anilines is 2. The van der Waals surface area contributed by atoms with E-state index in [1.165, 1.54) is 18.7 Å². The molecule has 1 atom stereocenters. The highest BCUT2D eigenvalue weighted by molar-refractivity contribution is 8.00. The van der Waals surface area contributed by atoms with Crippen LogP contribution in [0, 0.1) is 0 Å². The van der Waals surface area contributed by atoms with E-state index in [1.54, 1.807) is 49.2 Å². The molecule has 1 aromatic heterocycles. The number of nitrogens with one attached hydrogen (secondary N) is 2. The Kier molecular flexibility index (Phi) is 6.50. The summed E-state index contributed by atoms with van der Waals surface area (Å²) in [6.45, 7) is 3.24. The van der Waals surface area contributed by atoms with Crippen LogP contribution < -0.4 is 15.4 Å². The normalized spacial score (nSPS) is 11.6. The zero-order valence-corrected chi connectivity index (χ0v) is 17.1. The van der Waals surface area contributed by atoms with Crippen molar-refractivity contribution in [3.63, 3.8) is 0 Å². The lowest BCUT2D eigenvalue weighted by Crippen LogP contribution is -2.22. The molecule has 3 aromatic rings. The fraction of sp³-hybridized carbons (Fsp3) is 0.200. The smallest absolute Gasteiger partial charge is 0.237 e. The van der Waals surface area contributed by atoms with E-state index in [0.717, 1.165) is 5.69 Å². The molecule has 1 heterocycles. The van der Waals surface area contributed by atoms with Crippen molar-refractivity contribution >= 4 is 35.0 Å². The van der Waals surface area contributed by atoms with Crippen molar-refractivity contribution in [3.8, 4) is 11.4 Å². The van der Waals surface area contributed by atoms with E-state index >= 15 is 0 Å². The first-order chi connectivity index (χ1) is 14.0. The van der Waals surface area contributed by atoms with Crippen molar-refractivity contribution in [2.45, 2.75) is 24.3 Å². The van der Waals surface area contributed by atoms with E-state index in [0.29, 0.717) is 22.3 Å². The fourth-order valence-corrected chi connectivity index (χ4v) is 3.43. The predicted octanol–water partition coefficient (Wildman–Crippen LogP) is 3.35. The quantitative estimate of drug-likeness (QED) is 0.579. The highest BCUT2D eigenvalue weighted by Crippen LogP contribution is 2.29. The van der Waals surface area contributed by atoms with Crippen LogP contribution in [0.1, 0.15) is 13.8 Å². The third-order valence-corrected chi connectivity index (χ3v) is 5.04. The van der Waals surface area contributed by atoms with E-state index in [9.17, 15) is 9.59 Å². The Morgan fingerprint density at radius 2 is 1.72 bits per heavy atom. The van der Waals surface area contributed by atoms with Gasteiger partial charge in [-0.15, -0.1) is 10.2 Å². The number of aromatic nitrogens is 3. The summed E-state index contributed by atoms with van der Waals surface area (Å²) in [5, 5.41) is 13.8. The number of benzene rings is 2. The third-order valence-electron chi connectivity index (χ3n) is 3.99. The van der Waals surface area contributed by atoms with Gasteiger partial charge in [-0.3, -0.25) is 14.2 Å². The van der Waals surface area contributed by atoms with Crippen LogP contribution in [-0.4, -0.2) is 38.9 Å². The molecule has 2 N–H and O–H groups in total. The molecule has 0 saturated heterocycles. The van der Waals surface area contributed by atoms with Crippen molar-refractivity contribution in [1.29, 1.82) is 0 Å². The van der Waals surface area contributed by atoms with Gasteiger partial charge in [0.1, 0.15) is 12.1 Å². The van der Waals surface area contributed by atoms with Crippen LogP contribution in [0.2, 0.25) is 0 Å². The topological polar surface area (TPSA) is 98.1 Å². The van der Waals surface area contributed by atoms with Crippen LogP contribution in [0.3, 0.4) is 0 Å². The van der Waals surface area contributed by atoms with Gasteiger partial charge < -0.3 is 15.4 Å². The molecule has 0 spiro atoms. The number of rotatable bonds is 7. The molecule has 0 saturated carbocycles. The molecule has 0 aliphatic carbocycles. The number of ether oxygens (including phenoxy) is 1. The van der Waals surface area contributed by atoms with Gasteiger partial charge >= 0.3 is 0 Å². The first-order valence-electron chi connectivity index (χ1n) is 8.86. The van der Waals surface area contributed by atoms with Gasteiger partial charge in [-0.2, -0.15) is 0 Å². The van der Waals surface area contributed by atoms with Gasteiger partial charge in [0.2, 0.25) is 11.8 Å². The summed E-state index contributed by atoms with van der Waals surface area (Å²) in [5.74, 6) is 0.369. The number of para-hydroxylation sites is 2. The van der Waals surface area contributed by atoms with E-state index in [2.05, 4.69) is 20.8 Å². The van der Waals surface area contributed by atoms with Gasteiger partial charge in [0.15, 0.2) is 5.16 Å². The largest absolute Gasteiger partial charge is 0.495 e. The van der Waals surface area contributed by atoms with Crippen LogP contribution in [0.15, 0.2) is 60.0 Å². The van der Waals surface area contributed by atoms with Crippen molar-refractivity contribution in [1.82, 2.24) is 14.8 Å². The molecule has 0 aliphatic heterocycles. The highest BCUT2D eigenvalue weighted by Gasteiger charge is 2.19. The first kappa shape index (κ1) is 20.4. The second-order valence-electron chi connectivity index (χ2n) is 6.16. The Morgan fingerprint density at radius 3 is 2.38 bits per heavy atom. The van der Waals surface area contributed by atoms with Gasteiger partial charge in [-0.1, -0.05) is 23.9 Å².